The highest BCUT2D eigenvalue weighted by atomic mass is 127. The normalized spacial score (nSPS) is 15.0. The number of non-ortho nitro benzene ring substituents is 1. The number of halogens is 1. The minimum Gasteiger partial charge on any atom is -0.379 e. The molecule has 0 bridgehead atoms. The summed E-state index contributed by atoms with van der Waals surface area (Å²) in [6.07, 6.45) is 1.77. The highest BCUT2D eigenvalue weighted by Crippen LogP contribution is 2.12. The Kier molecular flexibility index (Phi) is 10.8. The zero-order valence-corrected chi connectivity index (χ0v) is 17.1. The first-order chi connectivity index (χ1) is 12.2. The van der Waals surface area contributed by atoms with Gasteiger partial charge in [0.25, 0.3) is 5.69 Å². The lowest BCUT2D eigenvalue weighted by atomic mass is 10.2. The number of benzene rings is 1. The number of nitro groups is 1. The van der Waals surface area contributed by atoms with Crippen LogP contribution in [-0.4, -0.2) is 61.7 Å². The third kappa shape index (κ3) is 8.11. The summed E-state index contributed by atoms with van der Waals surface area (Å²) in [4.78, 5) is 17.1. The molecule has 0 saturated carbocycles. The summed E-state index contributed by atoms with van der Waals surface area (Å²) in [5.41, 5.74) is 1.000. The SMILES string of the molecule is C=CCNC(=NCc1ccc([N+](=O)[O-])cc1)NCCN1CCOCC1.I. The van der Waals surface area contributed by atoms with Gasteiger partial charge in [-0.05, 0) is 5.56 Å². The second-order valence-electron chi connectivity index (χ2n) is 5.64. The summed E-state index contributed by atoms with van der Waals surface area (Å²) in [5, 5.41) is 17.2. The van der Waals surface area contributed by atoms with Crippen LogP contribution in [0.4, 0.5) is 5.69 Å². The Balaban J connectivity index is 0.00000338. The molecule has 1 aromatic carbocycles. The predicted molar refractivity (Wildman–Crippen MR) is 113 cm³/mol. The van der Waals surface area contributed by atoms with Gasteiger partial charge in [-0.15, -0.1) is 30.6 Å². The van der Waals surface area contributed by atoms with Crippen LogP contribution in [0.25, 0.3) is 0 Å². The molecule has 0 unspecified atom stereocenters. The molecule has 144 valence electrons. The molecule has 8 nitrogen and oxygen atoms in total. The molecular formula is C17H26IN5O3. The minimum atomic E-state index is -0.405. The molecule has 9 heteroatoms. The van der Waals surface area contributed by atoms with E-state index in [0.29, 0.717) is 19.0 Å². The van der Waals surface area contributed by atoms with Crippen molar-refractivity contribution in [2.24, 2.45) is 4.99 Å². The van der Waals surface area contributed by atoms with Gasteiger partial charge in [-0.2, -0.15) is 0 Å². The van der Waals surface area contributed by atoms with Crippen molar-refractivity contribution in [2.45, 2.75) is 6.54 Å². The maximum Gasteiger partial charge on any atom is 0.269 e. The van der Waals surface area contributed by atoms with E-state index < -0.39 is 4.92 Å². The van der Waals surface area contributed by atoms with Gasteiger partial charge in [0.05, 0.1) is 24.7 Å². The summed E-state index contributed by atoms with van der Waals surface area (Å²) >= 11 is 0. The van der Waals surface area contributed by atoms with Gasteiger partial charge in [-0.1, -0.05) is 18.2 Å². The highest BCUT2D eigenvalue weighted by Gasteiger charge is 2.09. The molecule has 0 atom stereocenters. The second kappa shape index (κ2) is 12.6. The first-order valence-electron chi connectivity index (χ1n) is 8.35. The van der Waals surface area contributed by atoms with Crippen LogP contribution in [0.5, 0.6) is 0 Å². The molecule has 1 heterocycles. The molecule has 1 fully saturated rings. The Hall–Kier alpha value is -1.72. The molecule has 26 heavy (non-hydrogen) atoms. The van der Waals surface area contributed by atoms with E-state index in [1.807, 2.05) is 0 Å². The Morgan fingerprint density at radius 2 is 2.00 bits per heavy atom. The monoisotopic (exact) mass is 475 g/mol. The lowest BCUT2D eigenvalue weighted by Gasteiger charge is -2.26. The van der Waals surface area contributed by atoms with E-state index in [1.54, 1.807) is 18.2 Å². The summed E-state index contributed by atoms with van der Waals surface area (Å²) in [6, 6.07) is 6.43. The van der Waals surface area contributed by atoms with Crippen molar-refractivity contribution < 1.29 is 9.66 Å². The van der Waals surface area contributed by atoms with Crippen LogP contribution in [0.3, 0.4) is 0 Å². The molecule has 1 aliphatic rings. The van der Waals surface area contributed by atoms with Crippen molar-refractivity contribution in [2.75, 3.05) is 45.9 Å². The van der Waals surface area contributed by atoms with Crippen LogP contribution >= 0.6 is 24.0 Å². The van der Waals surface area contributed by atoms with Gasteiger partial charge in [0.1, 0.15) is 0 Å². The van der Waals surface area contributed by atoms with E-state index >= 15 is 0 Å². The van der Waals surface area contributed by atoms with Gasteiger partial charge < -0.3 is 15.4 Å². The zero-order chi connectivity index (χ0) is 17.9. The number of nitrogens with one attached hydrogen (secondary N) is 2. The van der Waals surface area contributed by atoms with Crippen LogP contribution in [0.1, 0.15) is 5.56 Å². The Morgan fingerprint density at radius 3 is 2.62 bits per heavy atom. The van der Waals surface area contributed by atoms with Crippen molar-refractivity contribution >= 4 is 35.6 Å². The molecule has 1 aromatic rings. The van der Waals surface area contributed by atoms with E-state index in [-0.39, 0.29) is 29.7 Å². The lowest BCUT2D eigenvalue weighted by Crippen LogP contribution is -2.44. The van der Waals surface area contributed by atoms with Gasteiger partial charge in [-0.25, -0.2) is 4.99 Å². The third-order valence-electron chi connectivity index (χ3n) is 3.80. The Morgan fingerprint density at radius 1 is 1.31 bits per heavy atom. The van der Waals surface area contributed by atoms with Crippen molar-refractivity contribution in [1.82, 2.24) is 15.5 Å². The molecule has 0 radical (unpaired) electrons. The topological polar surface area (TPSA) is 92.0 Å². The third-order valence-corrected chi connectivity index (χ3v) is 3.80. The van der Waals surface area contributed by atoms with Crippen LogP contribution < -0.4 is 10.6 Å². The van der Waals surface area contributed by atoms with Crippen molar-refractivity contribution in [1.29, 1.82) is 0 Å². The quantitative estimate of drug-likeness (QED) is 0.149. The van der Waals surface area contributed by atoms with Crippen LogP contribution in [0.15, 0.2) is 41.9 Å². The summed E-state index contributed by atoms with van der Waals surface area (Å²) in [7, 11) is 0. The standard InChI is InChI=1S/C17H25N5O3.HI/c1-2-7-18-17(19-8-9-21-10-12-25-13-11-21)20-14-15-3-5-16(6-4-15)22(23)24;/h2-6H,1,7-14H2,(H2,18,19,20);1H. The fourth-order valence-corrected chi connectivity index (χ4v) is 2.39. The molecular weight excluding hydrogens is 449 g/mol. The maximum atomic E-state index is 10.7. The van der Waals surface area contributed by atoms with Crippen molar-refractivity contribution in [3.05, 3.63) is 52.6 Å². The fourth-order valence-electron chi connectivity index (χ4n) is 2.39. The van der Waals surface area contributed by atoms with E-state index in [4.69, 9.17) is 4.74 Å². The summed E-state index contributed by atoms with van der Waals surface area (Å²) in [5.74, 6) is 0.700. The molecule has 1 aliphatic heterocycles. The fraction of sp³-hybridized carbons (Fsp3) is 0.471. The number of hydrogen-bond donors (Lipinski definition) is 2. The first-order valence-corrected chi connectivity index (χ1v) is 8.35. The number of morpholine rings is 1. The molecule has 2 N–H and O–H groups in total. The first kappa shape index (κ1) is 22.3. The number of hydrogen-bond acceptors (Lipinski definition) is 5. The molecule has 2 rings (SSSR count). The highest BCUT2D eigenvalue weighted by molar-refractivity contribution is 14.0. The lowest BCUT2D eigenvalue weighted by molar-refractivity contribution is -0.384. The zero-order valence-electron chi connectivity index (χ0n) is 14.7. The van der Waals surface area contributed by atoms with Gasteiger partial charge >= 0.3 is 0 Å². The summed E-state index contributed by atoms with van der Waals surface area (Å²) in [6.45, 7) is 9.95. The Labute approximate surface area is 170 Å². The number of rotatable bonds is 8. The average molecular weight is 475 g/mol. The van der Waals surface area contributed by atoms with Gasteiger partial charge in [0.2, 0.25) is 0 Å². The number of nitro benzene ring substituents is 1. The summed E-state index contributed by atoms with van der Waals surface area (Å²) < 4.78 is 5.34. The predicted octanol–water partition coefficient (Wildman–Crippen LogP) is 1.77. The minimum absolute atomic E-state index is 0. The van der Waals surface area contributed by atoms with Gasteiger partial charge in [0.15, 0.2) is 5.96 Å². The molecule has 1 saturated heterocycles. The van der Waals surface area contributed by atoms with E-state index in [1.165, 1.54) is 12.1 Å². The van der Waals surface area contributed by atoms with Gasteiger partial charge in [-0.3, -0.25) is 15.0 Å². The average Bonchev–Trinajstić information content (AvgIpc) is 2.64. The van der Waals surface area contributed by atoms with Crippen molar-refractivity contribution in [3.8, 4) is 0 Å². The molecule has 0 amide bonds. The molecule has 0 aromatic heterocycles. The van der Waals surface area contributed by atoms with E-state index in [0.717, 1.165) is 45.0 Å². The number of ether oxygens (including phenoxy) is 1. The van der Waals surface area contributed by atoms with E-state index in [9.17, 15) is 10.1 Å². The smallest absolute Gasteiger partial charge is 0.269 e. The molecule has 0 aliphatic carbocycles. The van der Waals surface area contributed by atoms with Crippen LogP contribution in [0, 0.1) is 10.1 Å². The van der Waals surface area contributed by atoms with Crippen LogP contribution in [0.2, 0.25) is 0 Å². The number of guanidine groups is 1. The van der Waals surface area contributed by atoms with Gasteiger partial charge in [0, 0.05) is 44.9 Å². The van der Waals surface area contributed by atoms with E-state index in [2.05, 4.69) is 27.1 Å². The molecule has 0 spiro atoms. The second-order valence-corrected chi connectivity index (χ2v) is 5.64. The van der Waals surface area contributed by atoms with Crippen molar-refractivity contribution in [3.63, 3.8) is 0 Å². The number of nitrogens with zero attached hydrogens (tertiary/aromatic N) is 3. The van der Waals surface area contributed by atoms with Crippen LogP contribution in [-0.2, 0) is 11.3 Å². The Bertz CT molecular complexity index is 589. The largest absolute Gasteiger partial charge is 0.379 e. The maximum absolute atomic E-state index is 10.7. The number of aliphatic imine (C=N–C) groups is 1.